The summed E-state index contributed by atoms with van der Waals surface area (Å²) < 4.78 is 21.6. The highest BCUT2D eigenvalue weighted by Gasteiger charge is 2.35. The number of aliphatic hydroxyl groups excluding tert-OH is 1. The molecule has 1 aliphatic heterocycles. The van der Waals surface area contributed by atoms with Gasteiger partial charge in [-0.15, -0.1) is 0 Å². The molecule has 124 valence electrons. The number of carbonyl (C=O) groups is 1. The molecule has 0 aromatic rings. The van der Waals surface area contributed by atoms with Crippen LogP contribution in [0.2, 0.25) is 0 Å². The van der Waals surface area contributed by atoms with Gasteiger partial charge in [-0.05, 0) is 47.5 Å². The summed E-state index contributed by atoms with van der Waals surface area (Å²) in [6.07, 6.45) is -0.347. The number of hydrogen-bond acceptors (Lipinski definition) is 6. The minimum Gasteiger partial charge on any atom is -0.467 e. The van der Waals surface area contributed by atoms with Crippen LogP contribution in [0.4, 0.5) is 0 Å². The van der Waals surface area contributed by atoms with Crippen molar-refractivity contribution < 1.29 is 28.8 Å². The van der Waals surface area contributed by atoms with Crippen LogP contribution in [0.3, 0.4) is 0 Å². The zero-order chi connectivity index (χ0) is 16.3. The molecular formula is C15H28O6. The predicted octanol–water partition coefficient (Wildman–Crippen LogP) is 1.64. The highest BCUT2D eigenvalue weighted by molar-refractivity contribution is 5.74. The van der Waals surface area contributed by atoms with E-state index in [1.165, 1.54) is 7.11 Å². The van der Waals surface area contributed by atoms with Crippen molar-refractivity contribution in [3.05, 3.63) is 0 Å². The van der Waals surface area contributed by atoms with Crippen LogP contribution in [0.1, 0.15) is 47.5 Å². The Bertz CT molecular complexity index is 352. The van der Waals surface area contributed by atoms with Crippen molar-refractivity contribution in [2.45, 2.75) is 77.2 Å². The summed E-state index contributed by atoms with van der Waals surface area (Å²) in [5.74, 6) is -1.21. The summed E-state index contributed by atoms with van der Waals surface area (Å²) in [6.45, 7) is 9.86. The second kappa shape index (κ2) is 7.05. The highest BCUT2D eigenvalue weighted by Crippen LogP contribution is 2.28. The molecule has 0 aliphatic carbocycles. The molecule has 3 unspecified atom stereocenters. The van der Waals surface area contributed by atoms with E-state index in [2.05, 4.69) is 4.74 Å². The van der Waals surface area contributed by atoms with Crippen LogP contribution < -0.4 is 0 Å². The van der Waals surface area contributed by atoms with Gasteiger partial charge in [-0.25, -0.2) is 4.79 Å². The van der Waals surface area contributed by atoms with E-state index >= 15 is 0 Å². The fourth-order valence-corrected chi connectivity index (χ4v) is 2.35. The molecule has 0 saturated carbocycles. The summed E-state index contributed by atoms with van der Waals surface area (Å²) in [4.78, 5) is 11.3. The summed E-state index contributed by atoms with van der Waals surface area (Å²) >= 11 is 0. The molecule has 3 atom stereocenters. The maximum absolute atomic E-state index is 11.3. The molecule has 0 aromatic carbocycles. The van der Waals surface area contributed by atoms with Gasteiger partial charge in [-0.3, -0.25) is 0 Å². The van der Waals surface area contributed by atoms with Crippen LogP contribution in [-0.4, -0.2) is 54.5 Å². The zero-order valence-corrected chi connectivity index (χ0v) is 13.8. The van der Waals surface area contributed by atoms with E-state index < -0.39 is 29.6 Å². The Kier molecular flexibility index (Phi) is 6.16. The second-order valence-electron chi connectivity index (χ2n) is 6.54. The largest absolute Gasteiger partial charge is 0.467 e. The molecule has 0 aromatic heterocycles. The first kappa shape index (κ1) is 18.4. The van der Waals surface area contributed by atoms with Gasteiger partial charge in [0, 0.05) is 0 Å². The molecule has 1 heterocycles. The van der Waals surface area contributed by atoms with Gasteiger partial charge in [0.25, 0.3) is 0 Å². The fraction of sp³-hybridized carbons (Fsp3) is 0.933. The van der Waals surface area contributed by atoms with E-state index in [4.69, 9.17) is 14.2 Å². The van der Waals surface area contributed by atoms with E-state index in [1.807, 2.05) is 27.7 Å². The van der Waals surface area contributed by atoms with E-state index in [9.17, 15) is 9.90 Å². The summed E-state index contributed by atoms with van der Waals surface area (Å²) in [5, 5.41) is 9.75. The first-order valence-electron chi connectivity index (χ1n) is 7.32. The number of methoxy groups -OCH3 is 1. The van der Waals surface area contributed by atoms with E-state index in [0.29, 0.717) is 6.61 Å². The lowest BCUT2D eigenvalue weighted by atomic mass is 9.99. The smallest absolute Gasteiger partial charge is 0.337 e. The molecule has 1 rings (SSSR count). The van der Waals surface area contributed by atoms with E-state index in [0.717, 1.165) is 12.8 Å². The topological polar surface area (TPSA) is 74.2 Å². The number of aliphatic hydroxyl groups is 1. The number of ether oxygens (including phenoxy) is 4. The number of esters is 1. The minimum atomic E-state index is -1.28. The Morgan fingerprint density at radius 2 is 2.10 bits per heavy atom. The van der Waals surface area contributed by atoms with Crippen LogP contribution in [0.5, 0.6) is 0 Å². The zero-order valence-electron chi connectivity index (χ0n) is 13.8. The van der Waals surface area contributed by atoms with Crippen LogP contribution in [0.15, 0.2) is 0 Å². The maximum atomic E-state index is 11.3. The molecule has 6 heteroatoms. The Labute approximate surface area is 126 Å². The maximum Gasteiger partial charge on any atom is 0.337 e. The Morgan fingerprint density at radius 1 is 1.48 bits per heavy atom. The van der Waals surface area contributed by atoms with Crippen molar-refractivity contribution in [2.24, 2.45) is 0 Å². The number of carbonyl (C=O) groups excluding carboxylic acids is 1. The summed E-state index contributed by atoms with van der Waals surface area (Å²) in [6, 6.07) is 0. The SMILES string of the molecule is COC(=O)C(O)C(C)OC(C)(C)CCC1COC(C)(C)O1. The Hall–Kier alpha value is -0.690. The van der Waals surface area contributed by atoms with Crippen molar-refractivity contribution in [1.82, 2.24) is 0 Å². The van der Waals surface area contributed by atoms with Crippen molar-refractivity contribution in [1.29, 1.82) is 0 Å². The van der Waals surface area contributed by atoms with Gasteiger partial charge >= 0.3 is 5.97 Å². The fourth-order valence-electron chi connectivity index (χ4n) is 2.35. The lowest BCUT2D eigenvalue weighted by Gasteiger charge is -2.31. The van der Waals surface area contributed by atoms with Crippen LogP contribution in [-0.2, 0) is 23.7 Å². The van der Waals surface area contributed by atoms with Crippen LogP contribution in [0.25, 0.3) is 0 Å². The average molecular weight is 304 g/mol. The van der Waals surface area contributed by atoms with E-state index in [-0.39, 0.29) is 6.10 Å². The molecule has 0 radical (unpaired) electrons. The van der Waals surface area contributed by atoms with Gasteiger partial charge in [0.1, 0.15) is 0 Å². The van der Waals surface area contributed by atoms with E-state index in [1.54, 1.807) is 6.92 Å². The first-order chi connectivity index (χ1) is 9.56. The van der Waals surface area contributed by atoms with Crippen LogP contribution >= 0.6 is 0 Å². The second-order valence-corrected chi connectivity index (χ2v) is 6.54. The Morgan fingerprint density at radius 3 is 2.57 bits per heavy atom. The lowest BCUT2D eigenvalue weighted by Crippen LogP contribution is -2.41. The summed E-state index contributed by atoms with van der Waals surface area (Å²) in [5.41, 5.74) is -0.482. The van der Waals surface area contributed by atoms with Crippen LogP contribution in [0, 0.1) is 0 Å². The standard InChI is InChI=1S/C15H28O6/c1-10(12(16)13(17)18-6)20-14(2,3)8-7-11-9-19-15(4,5)21-11/h10-12,16H,7-9H2,1-6H3. The number of hydrogen-bond donors (Lipinski definition) is 1. The van der Waals surface area contributed by atoms with Gasteiger partial charge in [0.05, 0.1) is 31.5 Å². The Balaban J connectivity index is 2.41. The minimum absolute atomic E-state index is 0.0451. The average Bonchev–Trinajstić information content (AvgIpc) is 2.74. The molecule has 1 saturated heterocycles. The highest BCUT2D eigenvalue weighted by atomic mass is 16.7. The third-order valence-electron chi connectivity index (χ3n) is 3.53. The van der Waals surface area contributed by atoms with Crippen molar-refractivity contribution in [2.75, 3.05) is 13.7 Å². The molecule has 1 aliphatic rings. The third kappa shape index (κ3) is 5.90. The molecule has 6 nitrogen and oxygen atoms in total. The number of rotatable bonds is 7. The molecule has 0 amide bonds. The monoisotopic (exact) mass is 304 g/mol. The predicted molar refractivity (Wildman–Crippen MR) is 76.8 cm³/mol. The van der Waals surface area contributed by atoms with Crippen molar-refractivity contribution in [3.8, 4) is 0 Å². The van der Waals surface area contributed by atoms with Gasteiger partial charge in [-0.1, -0.05) is 0 Å². The molecule has 0 bridgehead atoms. The third-order valence-corrected chi connectivity index (χ3v) is 3.53. The summed E-state index contributed by atoms with van der Waals surface area (Å²) in [7, 11) is 1.24. The lowest BCUT2D eigenvalue weighted by molar-refractivity contribution is -0.169. The van der Waals surface area contributed by atoms with Gasteiger partial charge in [0.15, 0.2) is 11.9 Å². The quantitative estimate of drug-likeness (QED) is 0.721. The normalized spacial score (nSPS) is 24.6. The molecule has 1 N–H and O–H groups in total. The van der Waals surface area contributed by atoms with Gasteiger partial charge in [0.2, 0.25) is 0 Å². The van der Waals surface area contributed by atoms with Crippen molar-refractivity contribution in [3.63, 3.8) is 0 Å². The molecule has 21 heavy (non-hydrogen) atoms. The van der Waals surface area contributed by atoms with Gasteiger partial charge < -0.3 is 24.1 Å². The molecule has 0 spiro atoms. The van der Waals surface area contributed by atoms with Gasteiger partial charge in [-0.2, -0.15) is 0 Å². The van der Waals surface area contributed by atoms with Crippen molar-refractivity contribution >= 4 is 5.97 Å². The molecule has 1 fully saturated rings. The first-order valence-corrected chi connectivity index (χ1v) is 7.32. The molecular weight excluding hydrogens is 276 g/mol.